The minimum atomic E-state index is -0.536. The Labute approximate surface area is 219 Å². The third kappa shape index (κ3) is 6.30. The third-order valence-electron chi connectivity index (χ3n) is 5.38. The third-order valence-corrected chi connectivity index (χ3v) is 5.38. The number of ether oxygens (including phenoxy) is 1. The van der Waals surface area contributed by atoms with Crippen LogP contribution >= 0.6 is 0 Å². The summed E-state index contributed by atoms with van der Waals surface area (Å²) in [6.45, 7) is 2.15. The molecule has 0 bridgehead atoms. The van der Waals surface area contributed by atoms with Gasteiger partial charge in [0, 0.05) is 17.3 Å². The van der Waals surface area contributed by atoms with Gasteiger partial charge in [0.2, 0.25) is 5.91 Å². The first-order valence-electron chi connectivity index (χ1n) is 11.8. The summed E-state index contributed by atoms with van der Waals surface area (Å²) in [7, 11) is 0. The maximum atomic E-state index is 13.0. The van der Waals surface area contributed by atoms with Crippen molar-refractivity contribution in [2.45, 2.75) is 13.5 Å². The first-order chi connectivity index (χ1) is 18.5. The molecule has 10 heteroatoms. The topological polar surface area (TPSA) is 141 Å². The number of anilines is 1. The van der Waals surface area contributed by atoms with E-state index >= 15 is 0 Å². The van der Waals surface area contributed by atoms with Crippen molar-refractivity contribution in [3.8, 4) is 17.0 Å². The Morgan fingerprint density at radius 3 is 2.37 bits per heavy atom. The van der Waals surface area contributed by atoms with Crippen molar-refractivity contribution in [3.63, 3.8) is 0 Å². The molecule has 0 saturated carbocycles. The van der Waals surface area contributed by atoms with Crippen LogP contribution in [0, 0.1) is 0 Å². The average molecular weight is 511 g/mol. The first-order valence-corrected chi connectivity index (χ1v) is 11.8. The number of amides is 3. The van der Waals surface area contributed by atoms with Gasteiger partial charge < -0.3 is 15.8 Å². The zero-order valence-electron chi connectivity index (χ0n) is 20.6. The van der Waals surface area contributed by atoms with E-state index in [1.54, 1.807) is 54.7 Å². The van der Waals surface area contributed by atoms with Crippen LogP contribution in [-0.2, 0) is 11.3 Å². The molecule has 0 aliphatic heterocycles. The van der Waals surface area contributed by atoms with Crippen molar-refractivity contribution in [1.29, 1.82) is 0 Å². The van der Waals surface area contributed by atoms with E-state index in [0.29, 0.717) is 34.9 Å². The van der Waals surface area contributed by atoms with Gasteiger partial charge in [-0.2, -0.15) is 10.2 Å². The summed E-state index contributed by atoms with van der Waals surface area (Å²) in [5, 5.41) is 11.3. The molecular weight excluding hydrogens is 484 g/mol. The number of benzene rings is 3. The summed E-state index contributed by atoms with van der Waals surface area (Å²) in [4.78, 5) is 37.3. The summed E-state index contributed by atoms with van der Waals surface area (Å²) < 4.78 is 6.96. The zero-order chi connectivity index (χ0) is 26.9. The van der Waals surface area contributed by atoms with Gasteiger partial charge in [0.25, 0.3) is 11.8 Å². The molecule has 0 radical (unpaired) electrons. The van der Waals surface area contributed by atoms with Crippen LogP contribution in [0.15, 0.2) is 90.2 Å². The van der Waals surface area contributed by atoms with E-state index in [1.807, 2.05) is 37.3 Å². The Morgan fingerprint density at radius 1 is 0.947 bits per heavy atom. The first kappa shape index (κ1) is 25.8. The molecule has 0 unspecified atom stereocenters. The highest BCUT2D eigenvalue weighted by Gasteiger charge is 2.17. The van der Waals surface area contributed by atoms with Gasteiger partial charge in [-0.25, -0.2) is 5.43 Å². The van der Waals surface area contributed by atoms with E-state index < -0.39 is 17.7 Å². The predicted molar refractivity (Wildman–Crippen MR) is 144 cm³/mol. The summed E-state index contributed by atoms with van der Waals surface area (Å²) in [6.07, 6.45) is 3.05. The molecule has 0 fully saturated rings. The fraction of sp³-hybridized carbons (Fsp3) is 0.107. The Hall–Kier alpha value is -5.25. The quantitative estimate of drug-likeness (QED) is 0.221. The van der Waals surface area contributed by atoms with E-state index in [4.69, 9.17) is 10.5 Å². The molecule has 10 nitrogen and oxygen atoms in total. The Kier molecular flexibility index (Phi) is 8.25. The molecule has 4 N–H and O–H groups in total. The van der Waals surface area contributed by atoms with Crippen LogP contribution < -0.4 is 21.2 Å². The van der Waals surface area contributed by atoms with Crippen molar-refractivity contribution in [2.24, 2.45) is 10.8 Å². The molecule has 0 aliphatic carbocycles. The summed E-state index contributed by atoms with van der Waals surface area (Å²) in [5.41, 5.74) is 10.6. The SMILES string of the molecule is CCOc1ccccc1C(=O)Nc1ccccc1C(=O)N/N=C\c1cn(CC(N)=O)nc1-c1ccccc1. The van der Waals surface area contributed by atoms with Gasteiger partial charge in [0.05, 0.1) is 29.6 Å². The molecule has 4 aromatic rings. The van der Waals surface area contributed by atoms with E-state index in [0.717, 1.165) is 5.56 Å². The monoisotopic (exact) mass is 510 g/mol. The van der Waals surface area contributed by atoms with Crippen LogP contribution in [0.4, 0.5) is 5.69 Å². The van der Waals surface area contributed by atoms with Crippen LogP contribution in [0.25, 0.3) is 11.3 Å². The van der Waals surface area contributed by atoms with Crippen molar-refractivity contribution in [1.82, 2.24) is 15.2 Å². The molecular formula is C28H26N6O4. The maximum absolute atomic E-state index is 13.0. The van der Waals surface area contributed by atoms with Crippen LogP contribution in [0.5, 0.6) is 5.75 Å². The van der Waals surface area contributed by atoms with Crippen molar-refractivity contribution in [2.75, 3.05) is 11.9 Å². The molecule has 0 spiro atoms. The number of hydrazone groups is 1. The van der Waals surface area contributed by atoms with E-state index in [9.17, 15) is 14.4 Å². The highest BCUT2D eigenvalue weighted by molar-refractivity contribution is 6.10. The highest BCUT2D eigenvalue weighted by atomic mass is 16.5. The molecule has 192 valence electrons. The number of rotatable bonds is 10. The van der Waals surface area contributed by atoms with E-state index in [-0.39, 0.29) is 12.1 Å². The lowest BCUT2D eigenvalue weighted by atomic mass is 10.1. The summed E-state index contributed by atoms with van der Waals surface area (Å²) in [5.74, 6) is -1.02. The highest BCUT2D eigenvalue weighted by Crippen LogP contribution is 2.22. The van der Waals surface area contributed by atoms with Gasteiger partial charge in [-0.05, 0) is 31.2 Å². The molecule has 3 amide bonds. The predicted octanol–water partition coefficient (Wildman–Crippen LogP) is 3.45. The number of para-hydroxylation sites is 2. The molecule has 38 heavy (non-hydrogen) atoms. The fourth-order valence-corrected chi connectivity index (χ4v) is 3.73. The summed E-state index contributed by atoms with van der Waals surface area (Å²) in [6, 6.07) is 22.8. The molecule has 0 atom stereocenters. The largest absolute Gasteiger partial charge is 0.493 e. The normalized spacial score (nSPS) is 10.8. The van der Waals surface area contributed by atoms with Gasteiger partial charge in [0.15, 0.2) is 0 Å². The molecule has 1 aromatic heterocycles. The number of hydrogen-bond acceptors (Lipinski definition) is 6. The van der Waals surface area contributed by atoms with Gasteiger partial charge in [-0.15, -0.1) is 0 Å². The van der Waals surface area contributed by atoms with Crippen molar-refractivity contribution in [3.05, 3.63) is 102 Å². The number of carbonyl (C=O) groups excluding carboxylic acids is 3. The minimum absolute atomic E-state index is 0.0977. The molecule has 1 heterocycles. The van der Waals surface area contributed by atoms with E-state index in [2.05, 4.69) is 20.9 Å². The standard InChI is InChI=1S/C28H26N6O4/c1-2-38-24-15-9-7-13-22(24)27(36)31-23-14-8-6-12-21(23)28(37)32-30-16-20-17-34(18-25(29)35)33-26(20)19-10-4-3-5-11-19/h3-17H,2,18H2,1H3,(H2,29,35)(H,31,36)(H,32,37)/b30-16-. The number of nitrogens with zero attached hydrogens (tertiary/aromatic N) is 3. The van der Waals surface area contributed by atoms with Crippen LogP contribution in [0.2, 0.25) is 0 Å². The molecule has 4 rings (SSSR count). The molecule has 0 aliphatic rings. The lowest BCUT2D eigenvalue weighted by molar-refractivity contribution is -0.118. The molecule has 0 saturated heterocycles. The maximum Gasteiger partial charge on any atom is 0.273 e. The van der Waals surface area contributed by atoms with Crippen LogP contribution in [0.3, 0.4) is 0 Å². The Morgan fingerprint density at radius 2 is 1.63 bits per heavy atom. The number of hydrogen-bond donors (Lipinski definition) is 3. The minimum Gasteiger partial charge on any atom is -0.493 e. The van der Waals surface area contributed by atoms with E-state index in [1.165, 1.54) is 10.9 Å². The van der Waals surface area contributed by atoms with Gasteiger partial charge in [-0.1, -0.05) is 54.6 Å². The van der Waals surface area contributed by atoms with Crippen LogP contribution in [0.1, 0.15) is 33.2 Å². The van der Waals surface area contributed by atoms with Crippen LogP contribution in [-0.4, -0.2) is 40.3 Å². The van der Waals surface area contributed by atoms with Crippen molar-refractivity contribution < 1.29 is 19.1 Å². The number of aromatic nitrogens is 2. The number of nitrogens with two attached hydrogens (primary N) is 1. The van der Waals surface area contributed by atoms with Gasteiger partial charge in [-0.3, -0.25) is 19.1 Å². The lowest BCUT2D eigenvalue weighted by Gasteiger charge is -2.12. The number of carbonyl (C=O) groups is 3. The second kappa shape index (κ2) is 12.1. The van der Waals surface area contributed by atoms with Crippen molar-refractivity contribution >= 4 is 29.6 Å². The fourth-order valence-electron chi connectivity index (χ4n) is 3.73. The Bertz CT molecular complexity index is 1480. The smallest absolute Gasteiger partial charge is 0.273 e. The Balaban J connectivity index is 1.52. The van der Waals surface area contributed by atoms with Gasteiger partial charge in [0.1, 0.15) is 18.0 Å². The summed E-state index contributed by atoms with van der Waals surface area (Å²) >= 11 is 0. The molecule has 3 aromatic carbocycles. The second-order valence-corrected chi connectivity index (χ2v) is 8.09. The average Bonchev–Trinajstić information content (AvgIpc) is 3.31. The van der Waals surface area contributed by atoms with Gasteiger partial charge >= 0.3 is 0 Å². The lowest BCUT2D eigenvalue weighted by Crippen LogP contribution is -2.21. The second-order valence-electron chi connectivity index (χ2n) is 8.09. The zero-order valence-corrected chi connectivity index (χ0v) is 20.6. The number of primary amides is 1. The number of nitrogens with one attached hydrogen (secondary N) is 2.